The monoisotopic (exact) mass is 820 g/mol. The zero-order valence-corrected chi connectivity index (χ0v) is 35.2. The zero-order valence-electron chi connectivity index (χ0n) is 34.4. The first-order valence-corrected chi connectivity index (χ1v) is 22.3. The maximum atomic E-state index is 2.45. The highest BCUT2D eigenvalue weighted by molar-refractivity contribution is 7.26. The molecule has 0 fully saturated rings. The number of hydrogen-bond acceptors (Lipinski definition) is 2. The van der Waals surface area contributed by atoms with Crippen LogP contribution < -0.4 is 4.90 Å². The lowest BCUT2D eigenvalue weighted by atomic mass is 9.97. The second kappa shape index (κ2) is 15.5. The highest BCUT2D eigenvalue weighted by Gasteiger charge is 2.21. The lowest BCUT2D eigenvalue weighted by molar-refractivity contribution is 1.18. The third-order valence-electron chi connectivity index (χ3n) is 12.5. The van der Waals surface area contributed by atoms with Gasteiger partial charge in [0, 0.05) is 43.1 Å². The van der Waals surface area contributed by atoms with Crippen molar-refractivity contribution in [2.75, 3.05) is 4.90 Å². The van der Waals surface area contributed by atoms with Crippen molar-refractivity contribution in [2.45, 2.75) is 0 Å². The minimum Gasteiger partial charge on any atom is -0.309 e. The van der Waals surface area contributed by atoms with Crippen LogP contribution in [0.5, 0.6) is 0 Å². The average molecular weight is 821 g/mol. The fourth-order valence-electron chi connectivity index (χ4n) is 9.44. The van der Waals surface area contributed by atoms with Gasteiger partial charge in [0.25, 0.3) is 0 Å². The number of rotatable bonds is 8. The van der Waals surface area contributed by atoms with E-state index in [9.17, 15) is 0 Å². The van der Waals surface area contributed by atoms with Crippen LogP contribution in [0.3, 0.4) is 0 Å². The molecule has 0 bridgehead atoms. The molecule has 3 heteroatoms. The van der Waals surface area contributed by atoms with E-state index >= 15 is 0 Å². The van der Waals surface area contributed by atoms with Crippen LogP contribution in [0.4, 0.5) is 17.1 Å². The van der Waals surface area contributed by atoms with Crippen molar-refractivity contribution in [3.63, 3.8) is 0 Å². The number of nitrogens with zero attached hydrogens (tertiary/aromatic N) is 2. The number of thiophene rings is 1. The van der Waals surface area contributed by atoms with Crippen LogP contribution in [0.1, 0.15) is 0 Å². The number of aromatic nitrogens is 1. The smallest absolute Gasteiger partial charge is 0.0640 e. The van der Waals surface area contributed by atoms with E-state index in [2.05, 4.69) is 252 Å². The second-order valence-electron chi connectivity index (χ2n) is 16.1. The van der Waals surface area contributed by atoms with Crippen molar-refractivity contribution >= 4 is 70.4 Å². The van der Waals surface area contributed by atoms with E-state index in [1.165, 1.54) is 97.9 Å². The van der Waals surface area contributed by atoms with Gasteiger partial charge in [0.1, 0.15) is 0 Å². The van der Waals surface area contributed by atoms with Crippen LogP contribution in [-0.2, 0) is 0 Å². The first kappa shape index (κ1) is 36.8. The van der Waals surface area contributed by atoms with E-state index in [1.807, 2.05) is 11.3 Å². The standard InChI is InChI=1S/C60H40N2S/c1-2-15-41(16-3-1)42-29-33-45(34-30-42)48-17-4-9-23-54(48)61(58-27-14-22-53-52-21-8-13-28-59(52)63-60(53)58)47-39-37-44(38-40-47)43-31-35-46(36-32-43)49-18-5-10-24-55(49)62-56-25-11-6-19-50(56)51-20-7-12-26-57(51)62/h1-40H. The Hall–Kier alpha value is -7.98. The summed E-state index contributed by atoms with van der Waals surface area (Å²) in [5, 5.41) is 5.10. The van der Waals surface area contributed by atoms with Crippen LogP contribution in [-0.4, -0.2) is 4.57 Å². The Labute approximate surface area is 370 Å². The van der Waals surface area contributed by atoms with Crippen molar-refractivity contribution in [2.24, 2.45) is 0 Å². The second-order valence-corrected chi connectivity index (χ2v) is 17.1. The van der Waals surface area contributed by atoms with Gasteiger partial charge in [-0.25, -0.2) is 0 Å². The van der Waals surface area contributed by atoms with Gasteiger partial charge >= 0.3 is 0 Å². The first-order chi connectivity index (χ1) is 31.3. The number of para-hydroxylation sites is 4. The summed E-state index contributed by atoms with van der Waals surface area (Å²) >= 11 is 1.86. The van der Waals surface area contributed by atoms with E-state index in [1.54, 1.807) is 0 Å². The molecule has 0 unspecified atom stereocenters. The molecule has 0 N–H and O–H groups in total. The fraction of sp³-hybridized carbons (Fsp3) is 0. The van der Waals surface area contributed by atoms with E-state index < -0.39 is 0 Å². The van der Waals surface area contributed by atoms with Crippen molar-refractivity contribution in [1.82, 2.24) is 4.57 Å². The third kappa shape index (κ3) is 6.41. The summed E-state index contributed by atoms with van der Waals surface area (Å²) in [5.74, 6) is 0. The molecule has 63 heavy (non-hydrogen) atoms. The zero-order chi connectivity index (χ0) is 41.7. The van der Waals surface area contributed by atoms with E-state index in [0.29, 0.717) is 0 Å². The van der Waals surface area contributed by atoms with Crippen LogP contribution in [0.2, 0.25) is 0 Å². The summed E-state index contributed by atoms with van der Waals surface area (Å²) in [7, 11) is 0. The van der Waals surface area contributed by atoms with Gasteiger partial charge in [0.2, 0.25) is 0 Å². The molecule has 296 valence electrons. The summed E-state index contributed by atoms with van der Waals surface area (Å²) in [6, 6.07) is 88.3. The highest BCUT2D eigenvalue weighted by atomic mass is 32.1. The van der Waals surface area contributed by atoms with E-state index in [0.717, 1.165) is 11.4 Å². The molecule has 0 aliphatic carbocycles. The number of fused-ring (bicyclic) bond motifs is 6. The summed E-state index contributed by atoms with van der Waals surface area (Å²) in [5.41, 5.74) is 16.5. The van der Waals surface area contributed by atoms with Gasteiger partial charge in [-0.1, -0.05) is 194 Å². The maximum Gasteiger partial charge on any atom is 0.0640 e. The number of anilines is 3. The Bertz CT molecular complexity index is 3550. The lowest BCUT2D eigenvalue weighted by Gasteiger charge is -2.28. The molecule has 2 heterocycles. The fourth-order valence-corrected chi connectivity index (χ4v) is 10.6. The van der Waals surface area contributed by atoms with Crippen LogP contribution in [0.15, 0.2) is 243 Å². The molecule has 12 rings (SSSR count). The maximum absolute atomic E-state index is 2.45. The van der Waals surface area contributed by atoms with Gasteiger partial charge in [-0.15, -0.1) is 11.3 Å². The summed E-state index contributed by atoms with van der Waals surface area (Å²) in [6.45, 7) is 0. The SMILES string of the molecule is c1ccc(-c2ccc(-c3ccccc3N(c3ccc(-c4ccc(-c5ccccc5-n5c6ccccc6c6ccccc65)cc4)cc3)c3cccc4c3sc3ccccc34)cc2)cc1. The number of benzene rings is 10. The minimum atomic E-state index is 1.11. The minimum absolute atomic E-state index is 1.11. The quantitative estimate of drug-likeness (QED) is 0.148. The Kier molecular flexibility index (Phi) is 9.06. The van der Waals surface area contributed by atoms with Gasteiger partial charge in [0.15, 0.2) is 0 Å². The molecule has 0 atom stereocenters. The van der Waals surface area contributed by atoms with Gasteiger partial charge in [-0.3, -0.25) is 0 Å². The molecule has 2 nitrogen and oxygen atoms in total. The van der Waals surface area contributed by atoms with Gasteiger partial charge in [-0.05, 0) is 81.9 Å². The Balaban J connectivity index is 0.936. The summed E-state index contributed by atoms with van der Waals surface area (Å²) in [4.78, 5) is 2.45. The average Bonchev–Trinajstić information content (AvgIpc) is 3.91. The molecule has 12 aromatic rings. The van der Waals surface area contributed by atoms with E-state index in [-0.39, 0.29) is 0 Å². The van der Waals surface area contributed by atoms with Crippen LogP contribution in [0.25, 0.3) is 92.2 Å². The normalized spacial score (nSPS) is 11.5. The first-order valence-electron chi connectivity index (χ1n) is 21.5. The molecule has 0 saturated heterocycles. The lowest BCUT2D eigenvalue weighted by Crippen LogP contribution is -2.11. The summed E-state index contributed by atoms with van der Waals surface area (Å²) < 4.78 is 4.98. The molecule has 10 aromatic carbocycles. The molecule has 0 aliphatic heterocycles. The molecule has 0 amide bonds. The van der Waals surface area contributed by atoms with Crippen molar-refractivity contribution in [1.29, 1.82) is 0 Å². The Morgan fingerprint density at radius 2 is 0.762 bits per heavy atom. The third-order valence-corrected chi connectivity index (χ3v) is 13.7. The Morgan fingerprint density at radius 3 is 1.44 bits per heavy atom. The molecule has 0 aliphatic rings. The van der Waals surface area contributed by atoms with Crippen molar-refractivity contribution < 1.29 is 0 Å². The van der Waals surface area contributed by atoms with E-state index in [4.69, 9.17) is 0 Å². The highest BCUT2D eigenvalue weighted by Crippen LogP contribution is 2.47. The predicted octanol–water partition coefficient (Wildman–Crippen LogP) is 17.3. The molecule has 2 aromatic heterocycles. The van der Waals surface area contributed by atoms with Crippen LogP contribution in [0, 0.1) is 0 Å². The van der Waals surface area contributed by atoms with Crippen molar-refractivity contribution in [3.05, 3.63) is 243 Å². The largest absolute Gasteiger partial charge is 0.309 e. The Morgan fingerprint density at radius 1 is 0.302 bits per heavy atom. The molecule has 0 radical (unpaired) electrons. The van der Waals surface area contributed by atoms with Crippen LogP contribution >= 0.6 is 11.3 Å². The van der Waals surface area contributed by atoms with Gasteiger partial charge in [0.05, 0.1) is 32.8 Å². The van der Waals surface area contributed by atoms with Gasteiger partial charge < -0.3 is 9.47 Å². The summed E-state index contributed by atoms with van der Waals surface area (Å²) in [6.07, 6.45) is 0. The predicted molar refractivity (Wildman–Crippen MR) is 270 cm³/mol. The van der Waals surface area contributed by atoms with Gasteiger partial charge in [-0.2, -0.15) is 0 Å². The van der Waals surface area contributed by atoms with Crippen molar-refractivity contribution in [3.8, 4) is 50.2 Å². The molecule has 0 saturated carbocycles. The molecular weight excluding hydrogens is 781 g/mol. The molecular formula is C60H40N2S. The number of hydrogen-bond donors (Lipinski definition) is 0. The topological polar surface area (TPSA) is 8.17 Å². The molecule has 0 spiro atoms.